The maximum atomic E-state index is 3.89. The molecule has 20 heavy (non-hydrogen) atoms. The first-order valence-electron chi connectivity index (χ1n) is 6.41. The summed E-state index contributed by atoms with van der Waals surface area (Å²) in [5.41, 5.74) is 1.37. The molecule has 0 radical (unpaired) electrons. The van der Waals surface area contributed by atoms with Crippen molar-refractivity contribution >= 4 is 58.8 Å². The van der Waals surface area contributed by atoms with Crippen LogP contribution >= 0.6 is 38.6 Å². The molecule has 1 unspecified atom stereocenters. The SMILES string of the molecule is BrC(c1cc2ccccc2s1)c1csc2ccccc12. The summed E-state index contributed by atoms with van der Waals surface area (Å²) in [5, 5.41) is 4.96. The molecule has 0 nitrogen and oxygen atoms in total. The van der Waals surface area contributed by atoms with Gasteiger partial charge in [-0.1, -0.05) is 52.3 Å². The second-order valence-electron chi connectivity index (χ2n) is 4.74. The van der Waals surface area contributed by atoms with Gasteiger partial charge in [0.15, 0.2) is 0 Å². The van der Waals surface area contributed by atoms with Gasteiger partial charge >= 0.3 is 0 Å². The average molecular weight is 359 g/mol. The van der Waals surface area contributed by atoms with E-state index in [1.54, 1.807) is 0 Å². The smallest absolute Gasteiger partial charge is 0.0752 e. The van der Waals surface area contributed by atoms with Crippen LogP contribution in [0.25, 0.3) is 20.2 Å². The molecule has 1 atom stereocenters. The Balaban J connectivity index is 1.85. The first-order chi connectivity index (χ1) is 9.83. The summed E-state index contributed by atoms with van der Waals surface area (Å²) in [5.74, 6) is 0. The molecule has 0 spiro atoms. The molecule has 0 saturated carbocycles. The summed E-state index contributed by atoms with van der Waals surface area (Å²) in [4.78, 5) is 1.64. The van der Waals surface area contributed by atoms with Crippen molar-refractivity contribution in [3.8, 4) is 0 Å². The van der Waals surface area contributed by atoms with Crippen molar-refractivity contribution in [1.29, 1.82) is 0 Å². The van der Waals surface area contributed by atoms with Gasteiger partial charge in [0, 0.05) is 14.3 Å². The van der Waals surface area contributed by atoms with Crippen molar-refractivity contribution in [3.63, 3.8) is 0 Å². The van der Waals surface area contributed by atoms with E-state index < -0.39 is 0 Å². The van der Waals surface area contributed by atoms with Crippen LogP contribution in [0.1, 0.15) is 15.3 Å². The zero-order valence-corrected chi connectivity index (χ0v) is 13.8. The summed E-state index contributed by atoms with van der Waals surface area (Å²) in [7, 11) is 0. The standard InChI is InChI=1S/C17H11BrS2/c18-17(13-10-19-15-8-4-2-6-12(13)15)16-9-11-5-1-3-7-14(11)20-16/h1-10,17H. The number of hydrogen-bond acceptors (Lipinski definition) is 2. The maximum absolute atomic E-state index is 3.89. The molecule has 0 amide bonds. The van der Waals surface area contributed by atoms with Crippen molar-refractivity contribution in [1.82, 2.24) is 0 Å². The lowest BCUT2D eigenvalue weighted by Crippen LogP contribution is -1.86. The van der Waals surface area contributed by atoms with Crippen molar-refractivity contribution in [2.24, 2.45) is 0 Å². The highest BCUT2D eigenvalue weighted by Crippen LogP contribution is 2.42. The summed E-state index contributed by atoms with van der Waals surface area (Å²) in [6, 6.07) is 19.5. The van der Waals surface area contributed by atoms with Gasteiger partial charge in [0.2, 0.25) is 0 Å². The van der Waals surface area contributed by atoms with Crippen molar-refractivity contribution in [2.75, 3.05) is 0 Å². The summed E-state index contributed by atoms with van der Waals surface area (Å²) in [6.07, 6.45) is 0. The largest absolute Gasteiger partial charge is 0.143 e. The molecule has 0 aliphatic heterocycles. The lowest BCUT2D eigenvalue weighted by atomic mass is 10.1. The Bertz CT molecular complexity index is 855. The lowest BCUT2D eigenvalue weighted by molar-refractivity contribution is 1.27. The predicted molar refractivity (Wildman–Crippen MR) is 94.4 cm³/mol. The van der Waals surface area contributed by atoms with Gasteiger partial charge in [-0.25, -0.2) is 0 Å². The Morgan fingerprint density at radius 1 is 0.900 bits per heavy atom. The van der Waals surface area contributed by atoms with Gasteiger partial charge in [0.05, 0.1) is 4.83 Å². The summed E-state index contributed by atoms with van der Waals surface area (Å²) in [6.45, 7) is 0. The molecule has 3 heteroatoms. The molecular formula is C17H11BrS2. The van der Waals surface area contributed by atoms with E-state index in [4.69, 9.17) is 0 Å². The van der Waals surface area contributed by atoms with Crippen LogP contribution in [0.4, 0.5) is 0 Å². The fourth-order valence-electron chi connectivity index (χ4n) is 2.48. The van der Waals surface area contributed by atoms with Gasteiger partial charge in [-0.3, -0.25) is 0 Å². The highest BCUT2D eigenvalue weighted by Gasteiger charge is 2.17. The van der Waals surface area contributed by atoms with E-state index in [1.165, 1.54) is 30.6 Å². The topological polar surface area (TPSA) is 0 Å². The van der Waals surface area contributed by atoms with Crippen LogP contribution in [0.15, 0.2) is 60.0 Å². The van der Waals surface area contributed by atoms with Gasteiger partial charge in [-0.05, 0) is 39.9 Å². The maximum Gasteiger partial charge on any atom is 0.0752 e. The molecule has 4 rings (SSSR count). The first-order valence-corrected chi connectivity index (χ1v) is 9.03. The Morgan fingerprint density at radius 3 is 2.50 bits per heavy atom. The first kappa shape index (κ1) is 12.6. The van der Waals surface area contributed by atoms with E-state index in [-0.39, 0.29) is 4.83 Å². The van der Waals surface area contributed by atoms with Gasteiger partial charge in [0.1, 0.15) is 0 Å². The van der Waals surface area contributed by atoms with E-state index >= 15 is 0 Å². The number of hydrogen-bond donors (Lipinski definition) is 0. The minimum atomic E-state index is 0.274. The van der Waals surface area contributed by atoms with Crippen LogP contribution < -0.4 is 0 Å². The van der Waals surface area contributed by atoms with Gasteiger partial charge < -0.3 is 0 Å². The fourth-order valence-corrected chi connectivity index (χ4v) is 5.49. The van der Waals surface area contributed by atoms with Gasteiger partial charge in [-0.15, -0.1) is 22.7 Å². The minimum absolute atomic E-state index is 0.274. The van der Waals surface area contributed by atoms with Crippen molar-refractivity contribution in [3.05, 3.63) is 70.4 Å². The Morgan fingerprint density at radius 2 is 1.65 bits per heavy atom. The molecular weight excluding hydrogens is 348 g/mol. The number of benzene rings is 2. The highest BCUT2D eigenvalue weighted by molar-refractivity contribution is 9.09. The van der Waals surface area contributed by atoms with Crippen molar-refractivity contribution < 1.29 is 0 Å². The third kappa shape index (κ3) is 2.01. The normalized spacial score (nSPS) is 13.1. The number of thiophene rings is 2. The molecule has 2 aromatic heterocycles. The van der Waals surface area contributed by atoms with Crippen molar-refractivity contribution in [2.45, 2.75) is 4.83 Å². The van der Waals surface area contributed by atoms with Crippen LogP contribution in [-0.4, -0.2) is 0 Å². The van der Waals surface area contributed by atoms with E-state index in [9.17, 15) is 0 Å². The highest BCUT2D eigenvalue weighted by atomic mass is 79.9. The monoisotopic (exact) mass is 358 g/mol. The molecule has 0 N–H and O–H groups in total. The van der Waals surface area contributed by atoms with E-state index in [2.05, 4.69) is 75.9 Å². The summed E-state index contributed by atoms with van der Waals surface area (Å²) >= 11 is 7.58. The second kappa shape index (κ2) is 4.99. The molecule has 2 heterocycles. The summed E-state index contributed by atoms with van der Waals surface area (Å²) < 4.78 is 2.71. The third-order valence-corrected chi connectivity index (χ3v) is 6.93. The van der Waals surface area contributed by atoms with Gasteiger partial charge in [0.25, 0.3) is 0 Å². The average Bonchev–Trinajstić information content (AvgIpc) is 3.10. The zero-order chi connectivity index (χ0) is 13.5. The third-order valence-electron chi connectivity index (χ3n) is 3.48. The molecule has 0 bridgehead atoms. The predicted octanol–water partition coefficient (Wildman–Crippen LogP) is 6.60. The van der Waals surface area contributed by atoms with Crippen LogP contribution in [0, 0.1) is 0 Å². The second-order valence-corrected chi connectivity index (χ2v) is 7.68. The molecule has 4 aromatic rings. The molecule has 0 aliphatic rings. The number of halogens is 1. The number of fused-ring (bicyclic) bond motifs is 2. The quantitative estimate of drug-likeness (QED) is 0.354. The number of rotatable bonds is 2. The Labute approximate surface area is 133 Å². The van der Waals surface area contributed by atoms with E-state index in [1.807, 2.05) is 22.7 Å². The minimum Gasteiger partial charge on any atom is -0.143 e. The van der Waals surface area contributed by atoms with E-state index in [0.717, 1.165) is 0 Å². The number of alkyl halides is 1. The molecule has 2 aromatic carbocycles. The molecule has 0 aliphatic carbocycles. The lowest BCUT2D eigenvalue weighted by Gasteiger charge is -2.06. The van der Waals surface area contributed by atoms with E-state index in [0.29, 0.717) is 0 Å². The van der Waals surface area contributed by atoms with Crippen LogP contribution in [0.5, 0.6) is 0 Å². The molecule has 0 saturated heterocycles. The van der Waals surface area contributed by atoms with Crippen LogP contribution in [-0.2, 0) is 0 Å². The van der Waals surface area contributed by atoms with Gasteiger partial charge in [-0.2, -0.15) is 0 Å². The fraction of sp³-hybridized carbons (Fsp3) is 0.0588. The molecule has 0 fully saturated rings. The zero-order valence-electron chi connectivity index (χ0n) is 10.5. The molecule has 98 valence electrons. The Hall–Kier alpha value is -1.16. The van der Waals surface area contributed by atoms with Crippen LogP contribution in [0.3, 0.4) is 0 Å². The Kier molecular flexibility index (Phi) is 3.14. The van der Waals surface area contributed by atoms with Crippen LogP contribution in [0.2, 0.25) is 0 Å².